The maximum atomic E-state index is 13.4. The van der Waals surface area contributed by atoms with Crippen LogP contribution in [0.25, 0.3) is 0 Å². The number of nitro groups is 1. The molecule has 1 N–H and O–H groups in total. The molecular formula is C24H25N3O7S2. The fraction of sp³-hybridized carbons (Fsp3) is 0.208. The van der Waals surface area contributed by atoms with Gasteiger partial charge in [-0.05, 0) is 48.4 Å². The number of carbonyl (C=O) groups excluding carboxylic acids is 1. The minimum Gasteiger partial charge on any atom is -0.348 e. The van der Waals surface area contributed by atoms with Crippen LogP contribution in [0.1, 0.15) is 24.9 Å². The number of benzene rings is 3. The lowest BCUT2D eigenvalue weighted by Gasteiger charge is -2.25. The van der Waals surface area contributed by atoms with Crippen LogP contribution in [0.5, 0.6) is 0 Å². The van der Waals surface area contributed by atoms with Crippen molar-refractivity contribution in [2.75, 3.05) is 17.1 Å². The molecule has 0 aromatic heterocycles. The van der Waals surface area contributed by atoms with Gasteiger partial charge in [-0.1, -0.05) is 37.3 Å². The van der Waals surface area contributed by atoms with Gasteiger partial charge in [-0.2, -0.15) is 0 Å². The highest BCUT2D eigenvalue weighted by molar-refractivity contribution is 7.93. The second-order valence-corrected chi connectivity index (χ2v) is 11.8. The number of sulfone groups is 1. The predicted molar refractivity (Wildman–Crippen MR) is 135 cm³/mol. The van der Waals surface area contributed by atoms with Gasteiger partial charge in [-0.15, -0.1) is 0 Å². The van der Waals surface area contributed by atoms with Crippen molar-refractivity contribution in [2.45, 2.75) is 29.2 Å². The fourth-order valence-corrected chi connectivity index (χ4v) is 5.59. The number of nitrogens with one attached hydrogen (secondary N) is 1. The zero-order valence-electron chi connectivity index (χ0n) is 19.6. The van der Waals surface area contributed by atoms with Gasteiger partial charge in [0.05, 0.1) is 26.4 Å². The average Bonchev–Trinajstić information content (AvgIpc) is 2.86. The summed E-state index contributed by atoms with van der Waals surface area (Å²) >= 11 is 0. The van der Waals surface area contributed by atoms with Crippen molar-refractivity contribution in [3.63, 3.8) is 0 Å². The molecule has 0 aliphatic carbocycles. The highest BCUT2D eigenvalue weighted by atomic mass is 32.2. The van der Waals surface area contributed by atoms with E-state index in [1.165, 1.54) is 48.5 Å². The topological polar surface area (TPSA) is 144 Å². The summed E-state index contributed by atoms with van der Waals surface area (Å²) in [6.45, 7) is 1.25. The highest BCUT2D eigenvalue weighted by Crippen LogP contribution is 2.26. The number of hydrogen-bond donors (Lipinski definition) is 1. The number of non-ortho nitro benzene ring substituents is 1. The molecule has 1 amide bonds. The lowest BCUT2D eigenvalue weighted by Crippen LogP contribution is -2.42. The van der Waals surface area contributed by atoms with Crippen molar-refractivity contribution in [1.82, 2.24) is 5.32 Å². The van der Waals surface area contributed by atoms with E-state index in [0.717, 1.165) is 10.6 Å². The van der Waals surface area contributed by atoms with Gasteiger partial charge in [0.1, 0.15) is 6.54 Å². The van der Waals surface area contributed by atoms with E-state index in [2.05, 4.69) is 5.32 Å². The SMILES string of the molecule is CCC(NC(=O)CN(c1ccc([N+](=O)[O-])cc1)S(=O)(=O)c1ccccc1)c1ccc(S(C)(=O)=O)cc1. The molecule has 0 saturated heterocycles. The van der Waals surface area contributed by atoms with Crippen molar-refractivity contribution in [3.8, 4) is 0 Å². The lowest BCUT2D eigenvalue weighted by molar-refractivity contribution is -0.384. The summed E-state index contributed by atoms with van der Waals surface area (Å²) in [6.07, 6.45) is 1.56. The van der Waals surface area contributed by atoms with Gasteiger partial charge in [-0.3, -0.25) is 19.2 Å². The molecule has 3 aromatic carbocycles. The molecule has 190 valence electrons. The van der Waals surface area contributed by atoms with Crippen LogP contribution in [0.2, 0.25) is 0 Å². The monoisotopic (exact) mass is 531 g/mol. The molecule has 0 radical (unpaired) electrons. The Morgan fingerprint density at radius 3 is 2.00 bits per heavy atom. The van der Waals surface area contributed by atoms with E-state index in [4.69, 9.17) is 0 Å². The molecule has 12 heteroatoms. The van der Waals surface area contributed by atoms with Gasteiger partial charge >= 0.3 is 0 Å². The molecule has 3 aromatic rings. The molecule has 10 nitrogen and oxygen atoms in total. The molecule has 0 aliphatic rings. The first-order chi connectivity index (χ1) is 16.9. The summed E-state index contributed by atoms with van der Waals surface area (Å²) < 4.78 is 51.1. The maximum Gasteiger partial charge on any atom is 0.269 e. The molecule has 0 heterocycles. The number of nitrogens with zero attached hydrogens (tertiary/aromatic N) is 2. The molecule has 0 saturated carbocycles. The lowest BCUT2D eigenvalue weighted by atomic mass is 10.0. The number of carbonyl (C=O) groups is 1. The predicted octanol–water partition coefficient (Wildman–Crippen LogP) is 3.46. The average molecular weight is 532 g/mol. The molecule has 0 spiro atoms. The van der Waals surface area contributed by atoms with Crippen LogP contribution in [0.15, 0.2) is 88.7 Å². The molecule has 0 bridgehead atoms. The summed E-state index contributed by atoms with van der Waals surface area (Å²) in [6, 6.07) is 18.0. The van der Waals surface area contributed by atoms with Crippen molar-refractivity contribution < 1.29 is 26.6 Å². The number of amides is 1. The first kappa shape index (κ1) is 26.8. The van der Waals surface area contributed by atoms with Crippen LogP contribution < -0.4 is 9.62 Å². The molecular weight excluding hydrogens is 506 g/mol. The Morgan fingerprint density at radius 2 is 1.50 bits per heavy atom. The third-order valence-corrected chi connectivity index (χ3v) is 8.34. The minimum atomic E-state index is -4.18. The Kier molecular flexibility index (Phi) is 8.10. The van der Waals surface area contributed by atoms with E-state index in [1.807, 2.05) is 6.92 Å². The van der Waals surface area contributed by atoms with Gasteiger partial charge in [0.15, 0.2) is 9.84 Å². The van der Waals surface area contributed by atoms with E-state index >= 15 is 0 Å². The Bertz CT molecular complexity index is 1440. The first-order valence-electron chi connectivity index (χ1n) is 10.8. The van der Waals surface area contributed by atoms with E-state index in [0.29, 0.717) is 12.0 Å². The van der Waals surface area contributed by atoms with Crippen LogP contribution in [0.4, 0.5) is 11.4 Å². The summed E-state index contributed by atoms with van der Waals surface area (Å²) in [5.41, 5.74) is 0.528. The Hall–Kier alpha value is -3.77. The van der Waals surface area contributed by atoms with Crippen molar-refractivity contribution in [3.05, 3.63) is 94.5 Å². The Morgan fingerprint density at radius 1 is 0.917 bits per heavy atom. The summed E-state index contributed by atoms with van der Waals surface area (Å²) in [5.74, 6) is -0.605. The molecule has 0 aliphatic heterocycles. The molecule has 36 heavy (non-hydrogen) atoms. The van der Waals surface area contributed by atoms with Gasteiger partial charge in [0, 0.05) is 18.4 Å². The van der Waals surface area contributed by atoms with Crippen molar-refractivity contribution >= 4 is 37.1 Å². The normalized spacial score (nSPS) is 12.5. The summed E-state index contributed by atoms with van der Waals surface area (Å²) in [7, 11) is -7.55. The highest BCUT2D eigenvalue weighted by Gasteiger charge is 2.28. The number of rotatable bonds is 10. The van der Waals surface area contributed by atoms with Crippen molar-refractivity contribution in [1.29, 1.82) is 0 Å². The van der Waals surface area contributed by atoms with Crippen LogP contribution in [0, 0.1) is 10.1 Å². The third kappa shape index (κ3) is 6.26. The van der Waals surface area contributed by atoms with Crippen molar-refractivity contribution in [2.24, 2.45) is 0 Å². The van der Waals surface area contributed by atoms with E-state index in [1.54, 1.807) is 30.3 Å². The van der Waals surface area contributed by atoms with Crippen LogP contribution in [-0.2, 0) is 24.7 Å². The quantitative estimate of drug-likeness (QED) is 0.312. The van der Waals surface area contributed by atoms with Gasteiger partial charge in [0.25, 0.3) is 15.7 Å². The van der Waals surface area contributed by atoms with E-state index in [-0.39, 0.29) is 21.2 Å². The summed E-state index contributed by atoms with van der Waals surface area (Å²) in [4.78, 5) is 23.5. The fourth-order valence-electron chi connectivity index (χ4n) is 3.51. The second kappa shape index (κ2) is 10.9. The zero-order chi connectivity index (χ0) is 26.5. The standard InChI is InChI=1S/C24H25N3O7S2/c1-3-23(18-9-15-21(16-10-18)35(2,31)32)25-24(28)17-26(19-11-13-20(14-12-19)27(29)30)36(33,34)22-7-5-4-6-8-22/h4-16,23H,3,17H2,1-2H3,(H,25,28). The third-order valence-electron chi connectivity index (χ3n) is 5.42. The maximum absolute atomic E-state index is 13.4. The first-order valence-corrected chi connectivity index (χ1v) is 14.2. The van der Waals surface area contributed by atoms with E-state index in [9.17, 15) is 31.7 Å². The zero-order valence-corrected chi connectivity index (χ0v) is 21.2. The number of sulfonamides is 1. The molecule has 1 unspecified atom stereocenters. The van der Waals surface area contributed by atoms with Gasteiger partial charge in [0.2, 0.25) is 5.91 Å². The second-order valence-electron chi connectivity index (χ2n) is 7.97. The van der Waals surface area contributed by atoms with Gasteiger partial charge < -0.3 is 5.32 Å². The number of anilines is 1. The van der Waals surface area contributed by atoms with Gasteiger partial charge in [-0.25, -0.2) is 16.8 Å². The Balaban J connectivity index is 1.90. The smallest absolute Gasteiger partial charge is 0.269 e. The molecule has 1 atom stereocenters. The van der Waals surface area contributed by atoms with Crippen LogP contribution in [-0.4, -0.2) is 40.5 Å². The summed E-state index contributed by atoms with van der Waals surface area (Å²) in [5, 5.41) is 13.8. The molecule has 0 fully saturated rings. The number of nitro benzene ring substituents is 1. The van der Waals surface area contributed by atoms with E-state index < -0.39 is 43.3 Å². The Labute approximate surface area is 209 Å². The molecule has 3 rings (SSSR count). The largest absolute Gasteiger partial charge is 0.348 e. The minimum absolute atomic E-state index is 0.0421. The van der Waals surface area contributed by atoms with Crippen LogP contribution >= 0.6 is 0 Å². The number of hydrogen-bond acceptors (Lipinski definition) is 7. The van der Waals surface area contributed by atoms with Crippen LogP contribution in [0.3, 0.4) is 0 Å².